The highest BCUT2D eigenvalue weighted by Gasteiger charge is 2.79. The zero-order valence-electron chi connectivity index (χ0n) is 13.1. The summed E-state index contributed by atoms with van der Waals surface area (Å²) in [6.07, 6.45) is 1.44. The van der Waals surface area contributed by atoms with Crippen LogP contribution in [-0.4, -0.2) is 17.8 Å². The summed E-state index contributed by atoms with van der Waals surface area (Å²) in [6, 6.07) is 6.15. The van der Waals surface area contributed by atoms with Crippen LogP contribution in [0.5, 0.6) is 0 Å². The Morgan fingerprint density at radius 1 is 1.09 bits per heavy atom. The van der Waals surface area contributed by atoms with Crippen LogP contribution in [0.4, 0.5) is 0 Å². The Bertz CT molecular complexity index is 597. The quantitative estimate of drug-likeness (QED) is 0.857. The maximum atomic E-state index is 9.91. The molecule has 116 valence electrons. The van der Waals surface area contributed by atoms with Crippen molar-refractivity contribution in [2.24, 2.45) is 16.7 Å². The van der Waals surface area contributed by atoms with Crippen molar-refractivity contribution < 1.29 is 9.47 Å². The molecule has 2 heterocycles. The predicted molar refractivity (Wildman–Crippen MR) is 77.1 cm³/mol. The summed E-state index contributed by atoms with van der Waals surface area (Å²) < 4.78 is 11.8. The molecule has 2 saturated heterocycles. The zero-order chi connectivity index (χ0) is 16.6. The predicted octanol–water partition coefficient (Wildman–Crippen LogP) is 2.87. The van der Waals surface area contributed by atoms with Gasteiger partial charge in [0.05, 0.1) is 30.2 Å². The zero-order valence-corrected chi connectivity index (χ0v) is 13.1. The van der Waals surface area contributed by atoms with Crippen LogP contribution in [0.3, 0.4) is 0 Å². The van der Waals surface area contributed by atoms with E-state index in [4.69, 9.17) is 14.9 Å². The van der Waals surface area contributed by atoms with Crippen LogP contribution < -0.4 is 0 Å². The second kappa shape index (κ2) is 5.27. The first-order valence-corrected chi connectivity index (χ1v) is 7.68. The lowest BCUT2D eigenvalue weighted by Crippen LogP contribution is -2.62. The van der Waals surface area contributed by atoms with Crippen molar-refractivity contribution in [1.29, 1.82) is 21.2 Å². The van der Waals surface area contributed by atoms with Gasteiger partial charge in [-0.05, 0) is 19.3 Å². The van der Waals surface area contributed by atoms with Gasteiger partial charge in [-0.1, -0.05) is 20.8 Å². The third kappa shape index (κ3) is 1.52. The minimum atomic E-state index is -1.72. The standard InChI is InChI=1S/C16H20N4O2/c1-4-7-16-11(5-2)15(10-19,13(20)22-16)14(8-17,9-18)12(6-3)21-16/h11-12,20H,4-7H2,1-3H3. The van der Waals surface area contributed by atoms with E-state index in [0.29, 0.717) is 19.3 Å². The van der Waals surface area contributed by atoms with Gasteiger partial charge in [0, 0.05) is 6.42 Å². The molecule has 6 heteroatoms. The molecule has 2 aliphatic heterocycles. The molecule has 2 fully saturated rings. The van der Waals surface area contributed by atoms with E-state index in [1.807, 2.05) is 32.9 Å². The lowest BCUT2D eigenvalue weighted by Gasteiger charge is -2.49. The van der Waals surface area contributed by atoms with Crippen molar-refractivity contribution in [2.45, 2.75) is 58.3 Å². The number of hydrogen-bond acceptors (Lipinski definition) is 6. The molecular weight excluding hydrogens is 280 g/mol. The van der Waals surface area contributed by atoms with Crippen molar-refractivity contribution >= 4 is 5.90 Å². The third-order valence-corrected chi connectivity index (χ3v) is 5.04. The minimum absolute atomic E-state index is 0.297. The first kappa shape index (κ1) is 16.3. The molecular formula is C16H20N4O2. The first-order chi connectivity index (χ1) is 10.5. The highest BCUT2D eigenvalue weighted by atomic mass is 16.7. The van der Waals surface area contributed by atoms with Crippen LogP contribution in [0.25, 0.3) is 0 Å². The van der Waals surface area contributed by atoms with Crippen LogP contribution in [0.15, 0.2) is 0 Å². The highest BCUT2D eigenvalue weighted by Crippen LogP contribution is 2.64. The second-order valence-corrected chi connectivity index (χ2v) is 5.92. The van der Waals surface area contributed by atoms with E-state index >= 15 is 0 Å². The SMILES string of the molecule is CCCC12OC(=N)C(C#N)(C1CC)C(C#N)(C#N)C(CC)O2. The normalized spacial score (nSPS) is 38.5. The molecule has 2 rings (SSSR count). The Labute approximate surface area is 130 Å². The summed E-state index contributed by atoms with van der Waals surface area (Å²) in [7, 11) is 0. The second-order valence-electron chi connectivity index (χ2n) is 5.92. The van der Waals surface area contributed by atoms with Gasteiger partial charge in [-0.2, -0.15) is 15.8 Å². The fraction of sp³-hybridized carbons (Fsp3) is 0.750. The molecule has 0 saturated carbocycles. The molecule has 2 aliphatic rings. The Morgan fingerprint density at radius 2 is 1.73 bits per heavy atom. The molecule has 4 unspecified atom stereocenters. The maximum Gasteiger partial charge on any atom is 0.217 e. The van der Waals surface area contributed by atoms with E-state index in [9.17, 15) is 15.8 Å². The highest BCUT2D eigenvalue weighted by molar-refractivity contribution is 5.89. The maximum absolute atomic E-state index is 9.91. The van der Waals surface area contributed by atoms with Crippen molar-refractivity contribution in [1.82, 2.24) is 0 Å². The van der Waals surface area contributed by atoms with Crippen molar-refractivity contribution in [3.8, 4) is 18.2 Å². The minimum Gasteiger partial charge on any atom is -0.447 e. The first-order valence-electron chi connectivity index (χ1n) is 7.68. The van der Waals surface area contributed by atoms with E-state index in [2.05, 4.69) is 6.07 Å². The van der Waals surface area contributed by atoms with Crippen molar-refractivity contribution in [3.05, 3.63) is 0 Å². The third-order valence-electron chi connectivity index (χ3n) is 5.04. The van der Waals surface area contributed by atoms with E-state index in [1.54, 1.807) is 0 Å². The molecule has 0 amide bonds. The number of nitrogens with one attached hydrogen (secondary N) is 1. The summed E-state index contributed by atoms with van der Waals surface area (Å²) in [5, 5.41) is 37.7. The van der Waals surface area contributed by atoms with Gasteiger partial charge < -0.3 is 9.47 Å². The van der Waals surface area contributed by atoms with Gasteiger partial charge in [-0.3, -0.25) is 5.41 Å². The average Bonchev–Trinajstić information content (AvgIpc) is 2.72. The summed E-state index contributed by atoms with van der Waals surface area (Å²) >= 11 is 0. The van der Waals surface area contributed by atoms with Gasteiger partial charge in [-0.15, -0.1) is 0 Å². The van der Waals surface area contributed by atoms with E-state index in [0.717, 1.165) is 6.42 Å². The van der Waals surface area contributed by atoms with Gasteiger partial charge >= 0.3 is 0 Å². The fourth-order valence-electron chi connectivity index (χ4n) is 4.16. The number of nitriles is 3. The Balaban J connectivity index is 2.79. The largest absolute Gasteiger partial charge is 0.447 e. The van der Waals surface area contributed by atoms with Crippen LogP contribution in [0.1, 0.15) is 46.5 Å². The fourth-order valence-corrected chi connectivity index (χ4v) is 4.16. The van der Waals surface area contributed by atoms with Gasteiger partial charge in [0.2, 0.25) is 11.7 Å². The molecule has 0 aromatic heterocycles. The van der Waals surface area contributed by atoms with Gasteiger partial charge in [-0.25, -0.2) is 0 Å². The molecule has 4 atom stereocenters. The Kier molecular flexibility index (Phi) is 3.90. The lowest BCUT2D eigenvalue weighted by molar-refractivity contribution is -0.283. The summed E-state index contributed by atoms with van der Waals surface area (Å²) in [5.74, 6) is -1.87. The molecule has 0 aliphatic carbocycles. The van der Waals surface area contributed by atoms with E-state index < -0.39 is 28.6 Å². The molecule has 2 bridgehead atoms. The van der Waals surface area contributed by atoms with Gasteiger partial charge in [0.25, 0.3) is 0 Å². The summed E-state index contributed by atoms with van der Waals surface area (Å²) in [5.41, 5.74) is -3.29. The Morgan fingerprint density at radius 3 is 2.14 bits per heavy atom. The average molecular weight is 300 g/mol. The van der Waals surface area contributed by atoms with Crippen LogP contribution in [0, 0.1) is 56.2 Å². The molecule has 0 radical (unpaired) electrons. The summed E-state index contributed by atoms with van der Waals surface area (Å²) in [6.45, 7) is 5.66. The van der Waals surface area contributed by atoms with Crippen LogP contribution in [0.2, 0.25) is 0 Å². The van der Waals surface area contributed by atoms with E-state index in [-0.39, 0.29) is 5.90 Å². The topological polar surface area (TPSA) is 114 Å². The molecule has 6 nitrogen and oxygen atoms in total. The summed E-state index contributed by atoms with van der Waals surface area (Å²) in [4.78, 5) is 0. The number of nitrogens with zero attached hydrogens (tertiary/aromatic N) is 3. The van der Waals surface area contributed by atoms with E-state index in [1.165, 1.54) is 0 Å². The van der Waals surface area contributed by atoms with Gasteiger partial charge in [0.1, 0.15) is 0 Å². The van der Waals surface area contributed by atoms with Crippen LogP contribution >= 0.6 is 0 Å². The molecule has 22 heavy (non-hydrogen) atoms. The molecule has 0 aromatic rings. The number of ether oxygens (including phenoxy) is 2. The molecule has 1 N–H and O–H groups in total. The molecule has 0 aromatic carbocycles. The molecule has 0 spiro atoms. The number of rotatable bonds is 4. The smallest absolute Gasteiger partial charge is 0.217 e. The number of fused-ring (bicyclic) bond motifs is 2. The number of hydrogen-bond donors (Lipinski definition) is 1. The monoisotopic (exact) mass is 300 g/mol. The van der Waals surface area contributed by atoms with Crippen molar-refractivity contribution in [2.75, 3.05) is 0 Å². The Hall–Kier alpha value is -2.10. The van der Waals surface area contributed by atoms with Gasteiger partial charge in [0.15, 0.2) is 10.8 Å². The van der Waals surface area contributed by atoms with Crippen LogP contribution in [-0.2, 0) is 9.47 Å². The van der Waals surface area contributed by atoms with Crippen molar-refractivity contribution in [3.63, 3.8) is 0 Å². The lowest BCUT2D eigenvalue weighted by atomic mass is 9.53.